The number of rotatable bonds is 4. The number of hydrogen-bond acceptors (Lipinski definition) is 4. The molecule has 1 aromatic carbocycles. The molecule has 0 atom stereocenters. The molecular weight excluding hydrogens is 413 g/mol. The van der Waals surface area contributed by atoms with Gasteiger partial charge < -0.3 is 4.57 Å². The summed E-state index contributed by atoms with van der Waals surface area (Å²) in [4.78, 5) is 28.5. The fraction of sp³-hybridized carbons (Fsp3) is 0.200. The number of aryl methyl sites for hydroxylation is 1. The maximum absolute atomic E-state index is 13.0. The molecule has 0 bridgehead atoms. The van der Waals surface area contributed by atoms with Gasteiger partial charge in [0.15, 0.2) is 5.82 Å². The molecule has 0 spiro atoms. The second-order valence-corrected chi connectivity index (χ2v) is 6.97. The predicted octanol–water partition coefficient (Wildman–Crippen LogP) is 2.73. The number of hydrogen-bond donors (Lipinski definition) is 1. The topological polar surface area (TPSA) is 85.0 Å². The molecule has 3 aromatic rings. The molecule has 4 rings (SSSR count). The first-order chi connectivity index (χ1) is 14.7. The third-order valence-electron chi connectivity index (χ3n) is 4.65. The highest BCUT2D eigenvalue weighted by Gasteiger charge is 2.31. The molecule has 31 heavy (non-hydrogen) atoms. The van der Waals surface area contributed by atoms with Gasteiger partial charge in [-0.1, -0.05) is 0 Å². The van der Waals surface area contributed by atoms with Crippen molar-refractivity contribution in [1.29, 1.82) is 0 Å². The second-order valence-electron chi connectivity index (χ2n) is 6.97. The maximum Gasteiger partial charge on any atom is 0.416 e. The van der Waals surface area contributed by atoms with Crippen molar-refractivity contribution >= 4 is 18.0 Å². The van der Waals surface area contributed by atoms with Gasteiger partial charge in [-0.05, 0) is 42.8 Å². The predicted molar refractivity (Wildman–Crippen MR) is 104 cm³/mol. The molecule has 0 fully saturated rings. The van der Waals surface area contributed by atoms with E-state index in [0.717, 1.165) is 18.2 Å². The minimum atomic E-state index is -4.48. The molecule has 8 nitrogen and oxygen atoms in total. The number of aromatic nitrogens is 4. The lowest BCUT2D eigenvalue weighted by Gasteiger charge is -2.27. The summed E-state index contributed by atoms with van der Waals surface area (Å²) >= 11 is 0. The van der Waals surface area contributed by atoms with E-state index in [1.165, 1.54) is 22.2 Å². The third kappa shape index (κ3) is 4.34. The van der Waals surface area contributed by atoms with Gasteiger partial charge in [0.25, 0.3) is 11.8 Å². The molecule has 2 amide bonds. The van der Waals surface area contributed by atoms with Crippen LogP contribution >= 0.6 is 0 Å². The minimum absolute atomic E-state index is 0.0891. The number of benzene rings is 1. The fourth-order valence-electron chi connectivity index (χ4n) is 3.23. The van der Waals surface area contributed by atoms with Gasteiger partial charge in [-0.3, -0.25) is 15.0 Å². The molecule has 11 heteroatoms. The number of carbonyl (C=O) groups excluding carboxylic acids is 2. The van der Waals surface area contributed by atoms with Crippen LogP contribution in [0.2, 0.25) is 0 Å². The molecule has 1 N–H and O–H groups in total. The molecule has 2 aromatic heterocycles. The van der Waals surface area contributed by atoms with Crippen molar-refractivity contribution in [3.8, 4) is 11.4 Å². The minimum Gasteiger partial charge on any atom is -0.342 e. The van der Waals surface area contributed by atoms with E-state index in [9.17, 15) is 22.8 Å². The smallest absolute Gasteiger partial charge is 0.342 e. The van der Waals surface area contributed by atoms with Gasteiger partial charge in [0.2, 0.25) is 0 Å². The summed E-state index contributed by atoms with van der Waals surface area (Å²) < 4.78 is 42.1. The summed E-state index contributed by atoms with van der Waals surface area (Å²) in [7, 11) is 0. The molecule has 3 heterocycles. The Kier molecular flexibility index (Phi) is 5.09. The number of nitrogens with one attached hydrogen (secondary N) is 1. The lowest BCUT2D eigenvalue weighted by molar-refractivity contribution is -0.137. The van der Waals surface area contributed by atoms with E-state index in [1.54, 1.807) is 35.9 Å². The maximum atomic E-state index is 13.0. The number of nitrogens with zero attached hydrogens (tertiary/aromatic N) is 5. The van der Waals surface area contributed by atoms with Crippen molar-refractivity contribution in [2.24, 2.45) is 0 Å². The van der Waals surface area contributed by atoms with Gasteiger partial charge in [-0.2, -0.15) is 13.2 Å². The lowest BCUT2D eigenvalue weighted by atomic mass is 10.1. The summed E-state index contributed by atoms with van der Waals surface area (Å²) in [6.07, 6.45) is 1.03. The molecule has 0 saturated carbocycles. The Balaban J connectivity index is 1.44. The Morgan fingerprint density at radius 1 is 1.23 bits per heavy atom. The summed E-state index contributed by atoms with van der Waals surface area (Å²) in [5.74, 6) is -0.785. The monoisotopic (exact) mass is 430 g/mol. The van der Waals surface area contributed by atoms with Crippen molar-refractivity contribution in [3.05, 3.63) is 65.8 Å². The Morgan fingerprint density at radius 2 is 2.03 bits per heavy atom. The summed E-state index contributed by atoms with van der Waals surface area (Å²) in [6, 6.07) is 6.99. The molecule has 0 unspecified atom stereocenters. The highest BCUT2D eigenvalue weighted by molar-refractivity contribution is 5.97. The Labute approximate surface area is 174 Å². The first-order valence-corrected chi connectivity index (χ1v) is 9.27. The average Bonchev–Trinajstić information content (AvgIpc) is 3.37. The average molecular weight is 430 g/mol. The molecule has 0 saturated heterocycles. The number of amides is 2. The van der Waals surface area contributed by atoms with E-state index in [2.05, 4.69) is 15.5 Å². The van der Waals surface area contributed by atoms with E-state index in [-0.39, 0.29) is 17.3 Å². The van der Waals surface area contributed by atoms with Crippen molar-refractivity contribution in [2.75, 3.05) is 6.54 Å². The summed E-state index contributed by atoms with van der Waals surface area (Å²) in [5.41, 5.74) is 2.83. The number of carbonyl (C=O) groups is 2. The number of hydrazine groups is 1. The van der Waals surface area contributed by atoms with Crippen LogP contribution in [0.5, 0.6) is 0 Å². The van der Waals surface area contributed by atoms with Gasteiger partial charge in [0, 0.05) is 30.6 Å². The number of fused-ring (bicyclic) bond motifs is 1. The van der Waals surface area contributed by atoms with E-state index < -0.39 is 17.6 Å². The zero-order valence-corrected chi connectivity index (χ0v) is 16.3. The van der Waals surface area contributed by atoms with Crippen molar-refractivity contribution < 1.29 is 22.8 Å². The molecule has 160 valence electrons. The summed E-state index contributed by atoms with van der Waals surface area (Å²) in [5, 5.41) is 5.31. The van der Waals surface area contributed by atoms with Crippen LogP contribution in [-0.2, 0) is 17.5 Å². The van der Waals surface area contributed by atoms with Crippen LogP contribution in [0.15, 0.2) is 48.9 Å². The zero-order valence-electron chi connectivity index (χ0n) is 16.3. The standard InChI is InChI=1S/C20H17F3N6O2/c1-13-9-14(11-15(10-13)20(21,22)23)18-24-12-28(26-18)6-4-17(30)25-29-8-7-27-5-2-3-16(27)19(29)31/h2-6,9-12H,7-8H2,1H3,(H,25,30)/b6-4-. The first-order valence-electron chi connectivity index (χ1n) is 9.27. The van der Waals surface area contributed by atoms with Crippen molar-refractivity contribution in [3.63, 3.8) is 0 Å². The molecular formula is C20H17F3N6O2. The first kappa shape index (κ1) is 20.4. The van der Waals surface area contributed by atoms with Gasteiger partial charge in [0.1, 0.15) is 12.0 Å². The highest BCUT2D eigenvalue weighted by atomic mass is 19.4. The Bertz CT molecular complexity index is 1180. The molecule has 1 aliphatic rings. The Hall–Kier alpha value is -3.89. The van der Waals surface area contributed by atoms with Crippen LogP contribution in [0.1, 0.15) is 21.6 Å². The van der Waals surface area contributed by atoms with Crippen molar-refractivity contribution in [1.82, 2.24) is 29.8 Å². The zero-order chi connectivity index (χ0) is 22.2. The number of halogens is 3. The fourth-order valence-corrected chi connectivity index (χ4v) is 3.23. The van der Waals surface area contributed by atoms with Gasteiger partial charge >= 0.3 is 6.18 Å². The molecule has 0 aliphatic carbocycles. The summed E-state index contributed by atoms with van der Waals surface area (Å²) in [6.45, 7) is 2.43. The van der Waals surface area contributed by atoms with E-state index in [1.807, 2.05) is 0 Å². The lowest BCUT2D eigenvalue weighted by Crippen LogP contribution is -2.50. The molecule has 0 radical (unpaired) electrons. The van der Waals surface area contributed by atoms with Crippen LogP contribution in [0.25, 0.3) is 17.6 Å². The molecule has 1 aliphatic heterocycles. The van der Waals surface area contributed by atoms with E-state index >= 15 is 0 Å². The number of alkyl halides is 3. The van der Waals surface area contributed by atoms with Crippen LogP contribution < -0.4 is 5.43 Å². The van der Waals surface area contributed by atoms with Crippen LogP contribution in [0.4, 0.5) is 13.2 Å². The third-order valence-corrected chi connectivity index (χ3v) is 4.65. The van der Waals surface area contributed by atoms with Gasteiger partial charge in [-0.25, -0.2) is 14.7 Å². The highest BCUT2D eigenvalue weighted by Crippen LogP contribution is 2.32. The normalized spacial score (nSPS) is 14.2. The SMILES string of the molecule is Cc1cc(-c2ncn(/C=C\C(=O)NN3CCn4cccc4C3=O)n2)cc(C(F)(F)F)c1. The van der Waals surface area contributed by atoms with Gasteiger partial charge in [0.05, 0.1) is 12.1 Å². The second kappa shape index (κ2) is 7.74. The Morgan fingerprint density at radius 3 is 2.81 bits per heavy atom. The van der Waals surface area contributed by atoms with Crippen LogP contribution in [0, 0.1) is 6.92 Å². The van der Waals surface area contributed by atoms with Crippen LogP contribution in [0.3, 0.4) is 0 Å². The van der Waals surface area contributed by atoms with E-state index in [4.69, 9.17) is 0 Å². The van der Waals surface area contributed by atoms with Crippen molar-refractivity contribution in [2.45, 2.75) is 19.6 Å². The van der Waals surface area contributed by atoms with Gasteiger partial charge in [-0.15, -0.1) is 5.10 Å². The largest absolute Gasteiger partial charge is 0.416 e. The van der Waals surface area contributed by atoms with E-state index in [0.29, 0.717) is 24.3 Å². The quantitative estimate of drug-likeness (QED) is 0.645. The van der Waals surface area contributed by atoms with Crippen LogP contribution in [-0.4, -0.2) is 42.7 Å².